The molecule has 1 spiro atoms. The summed E-state index contributed by atoms with van der Waals surface area (Å²) in [6.45, 7) is 13.3. The summed E-state index contributed by atoms with van der Waals surface area (Å²) in [5.74, 6) is -2.50. The zero-order valence-corrected chi connectivity index (χ0v) is 20.1. The molecule has 0 saturated carbocycles. The van der Waals surface area contributed by atoms with Gasteiger partial charge in [-0.15, -0.1) is 13.2 Å². The van der Waals surface area contributed by atoms with Gasteiger partial charge in [0, 0.05) is 12.6 Å². The van der Waals surface area contributed by atoms with Crippen molar-refractivity contribution in [3.63, 3.8) is 0 Å². The lowest BCUT2D eigenvalue weighted by molar-refractivity contribution is -0.156. The van der Waals surface area contributed by atoms with Gasteiger partial charge in [0.15, 0.2) is 0 Å². The van der Waals surface area contributed by atoms with Crippen LogP contribution >= 0.6 is 0 Å². The molecule has 3 saturated heterocycles. The van der Waals surface area contributed by atoms with Crippen LogP contribution < -0.4 is 0 Å². The normalized spacial score (nSPS) is 30.9. The van der Waals surface area contributed by atoms with Gasteiger partial charge in [-0.25, -0.2) is 0 Å². The van der Waals surface area contributed by atoms with Crippen molar-refractivity contribution >= 4 is 17.8 Å². The highest BCUT2D eigenvalue weighted by molar-refractivity contribution is 5.98. The molecule has 0 aromatic carbocycles. The van der Waals surface area contributed by atoms with E-state index in [1.54, 1.807) is 17.9 Å². The van der Waals surface area contributed by atoms with E-state index in [0.717, 1.165) is 19.3 Å². The van der Waals surface area contributed by atoms with Crippen LogP contribution in [0.3, 0.4) is 0 Å². The highest BCUT2D eigenvalue weighted by Gasteiger charge is 2.75. The van der Waals surface area contributed by atoms with Crippen LogP contribution in [0.4, 0.5) is 0 Å². The van der Waals surface area contributed by atoms with Gasteiger partial charge in [0.1, 0.15) is 11.6 Å². The first-order valence-electron chi connectivity index (χ1n) is 12.0. The van der Waals surface area contributed by atoms with Gasteiger partial charge in [-0.05, 0) is 52.9 Å². The van der Waals surface area contributed by atoms with Crippen molar-refractivity contribution in [1.29, 1.82) is 0 Å². The minimum Gasteiger partial charge on any atom is -0.465 e. The van der Waals surface area contributed by atoms with Crippen molar-refractivity contribution in [2.24, 2.45) is 11.8 Å². The van der Waals surface area contributed by atoms with E-state index in [-0.39, 0.29) is 31.1 Å². The van der Waals surface area contributed by atoms with Crippen LogP contribution in [0.5, 0.6) is 0 Å². The van der Waals surface area contributed by atoms with Crippen molar-refractivity contribution in [3.05, 3.63) is 25.3 Å². The van der Waals surface area contributed by atoms with Crippen LogP contribution in [0.15, 0.2) is 25.3 Å². The molecule has 0 radical (unpaired) electrons. The lowest BCUT2D eigenvalue weighted by Crippen LogP contribution is -2.59. The van der Waals surface area contributed by atoms with Crippen molar-refractivity contribution in [1.82, 2.24) is 9.80 Å². The molecule has 33 heavy (non-hydrogen) atoms. The monoisotopic (exact) mass is 462 g/mol. The number of rotatable bonds is 12. The Labute approximate surface area is 196 Å². The third kappa shape index (κ3) is 4.35. The summed E-state index contributed by atoms with van der Waals surface area (Å²) in [6.07, 6.45) is 6.60. The van der Waals surface area contributed by atoms with Crippen LogP contribution in [0.2, 0.25) is 0 Å². The Bertz CT molecular complexity index is 783. The molecule has 0 aliphatic carbocycles. The number of fused-ring (bicyclic) bond motifs is 1. The largest absolute Gasteiger partial charge is 0.465 e. The lowest BCUT2D eigenvalue weighted by Gasteiger charge is -2.39. The number of unbranched alkanes of at least 4 members (excludes halogenated alkanes) is 2. The zero-order valence-electron chi connectivity index (χ0n) is 20.1. The number of esters is 1. The first-order valence-corrected chi connectivity index (χ1v) is 12.0. The van der Waals surface area contributed by atoms with E-state index in [2.05, 4.69) is 13.2 Å². The van der Waals surface area contributed by atoms with Crippen molar-refractivity contribution in [3.8, 4) is 0 Å². The molecule has 3 fully saturated rings. The maximum atomic E-state index is 13.8. The average molecular weight is 463 g/mol. The molecule has 2 bridgehead atoms. The first kappa shape index (κ1) is 25.4. The SMILES string of the molecule is C=CCCCCOC(=O)[C@@H]1[C@@H]2CCC3(O2)C(C(=O)N(CC=C)C(C)C)N([C@H](C)CO)C(=O)[C@H]13. The number of amides is 2. The van der Waals surface area contributed by atoms with Gasteiger partial charge in [-0.3, -0.25) is 14.4 Å². The molecule has 184 valence electrons. The van der Waals surface area contributed by atoms with Gasteiger partial charge in [0.25, 0.3) is 0 Å². The fraction of sp³-hybridized carbons (Fsp3) is 0.720. The maximum absolute atomic E-state index is 13.8. The van der Waals surface area contributed by atoms with Crippen molar-refractivity contribution < 1.29 is 29.0 Å². The second-order valence-corrected chi connectivity index (χ2v) is 9.66. The minimum absolute atomic E-state index is 0.109. The Morgan fingerprint density at radius 2 is 2.03 bits per heavy atom. The molecule has 1 N–H and O–H groups in total. The van der Waals surface area contributed by atoms with Crippen LogP contribution in [0, 0.1) is 11.8 Å². The Morgan fingerprint density at radius 3 is 2.64 bits per heavy atom. The third-order valence-corrected chi connectivity index (χ3v) is 7.26. The van der Waals surface area contributed by atoms with Gasteiger partial charge in [0.05, 0.1) is 37.2 Å². The number of ether oxygens (including phenoxy) is 2. The topological polar surface area (TPSA) is 96.4 Å². The third-order valence-electron chi connectivity index (χ3n) is 7.26. The number of aliphatic hydroxyl groups is 1. The summed E-state index contributed by atoms with van der Waals surface area (Å²) in [5.41, 5.74) is -1.08. The van der Waals surface area contributed by atoms with Gasteiger partial charge < -0.3 is 24.4 Å². The number of hydrogen-bond acceptors (Lipinski definition) is 6. The summed E-state index contributed by atoms with van der Waals surface area (Å²) >= 11 is 0. The van der Waals surface area contributed by atoms with Crippen molar-refractivity contribution in [2.45, 2.75) is 82.7 Å². The molecule has 2 unspecified atom stereocenters. The Balaban J connectivity index is 1.91. The molecule has 8 heteroatoms. The number of carbonyl (C=O) groups is 3. The number of allylic oxidation sites excluding steroid dienone is 1. The number of hydrogen-bond donors (Lipinski definition) is 1. The highest BCUT2D eigenvalue weighted by atomic mass is 16.6. The summed E-state index contributed by atoms with van der Waals surface area (Å²) in [5, 5.41) is 9.88. The molecule has 6 atom stereocenters. The smallest absolute Gasteiger partial charge is 0.312 e. The number of carbonyl (C=O) groups excluding carboxylic acids is 3. The molecule has 3 heterocycles. The van der Waals surface area contributed by atoms with Gasteiger partial charge in [-0.1, -0.05) is 12.2 Å². The lowest BCUT2D eigenvalue weighted by atomic mass is 9.70. The fourth-order valence-electron chi connectivity index (χ4n) is 5.71. The van der Waals surface area contributed by atoms with Crippen LogP contribution in [-0.4, -0.2) is 82.3 Å². The molecule has 3 aliphatic rings. The molecule has 8 nitrogen and oxygen atoms in total. The second-order valence-electron chi connectivity index (χ2n) is 9.66. The van der Waals surface area contributed by atoms with Gasteiger partial charge >= 0.3 is 5.97 Å². The van der Waals surface area contributed by atoms with Crippen molar-refractivity contribution in [2.75, 3.05) is 19.8 Å². The predicted molar refractivity (Wildman–Crippen MR) is 123 cm³/mol. The summed E-state index contributed by atoms with van der Waals surface area (Å²) in [7, 11) is 0. The maximum Gasteiger partial charge on any atom is 0.312 e. The highest BCUT2D eigenvalue weighted by Crippen LogP contribution is 2.59. The molecule has 0 aromatic rings. The minimum atomic E-state index is -1.08. The molecular formula is C25H38N2O6. The van der Waals surface area contributed by atoms with Crippen LogP contribution in [-0.2, 0) is 23.9 Å². The van der Waals surface area contributed by atoms with Gasteiger partial charge in [0.2, 0.25) is 11.8 Å². The summed E-state index contributed by atoms with van der Waals surface area (Å²) < 4.78 is 11.9. The standard InChI is InChI=1S/C25H38N2O6/c1-6-8-9-10-14-32-24(31)19-18-11-12-25(33-18)20(19)22(29)27(17(5)15-28)21(25)23(30)26(13-7-2)16(3)4/h6-7,16-21,28H,1-2,8-15H2,3-5H3/t17-,18+,19-,20+,21?,25?/m1/s1. The number of aliphatic hydroxyl groups excluding tert-OH is 1. The predicted octanol–water partition coefficient (Wildman–Crippen LogP) is 2.06. The molecular weight excluding hydrogens is 424 g/mol. The molecule has 0 aromatic heterocycles. The number of nitrogens with zero attached hydrogens (tertiary/aromatic N) is 2. The number of likely N-dealkylation sites (tertiary alicyclic amines) is 1. The van der Waals surface area contributed by atoms with E-state index < -0.39 is 41.6 Å². The van der Waals surface area contributed by atoms with E-state index >= 15 is 0 Å². The molecule has 2 amide bonds. The van der Waals surface area contributed by atoms with Gasteiger partial charge in [-0.2, -0.15) is 0 Å². The van der Waals surface area contributed by atoms with Crippen LogP contribution in [0.1, 0.15) is 52.9 Å². The van der Waals surface area contributed by atoms with E-state index in [1.807, 2.05) is 19.9 Å². The Hall–Kier alpha value is -2.19. The van der Waals surface area contributed by atoms with E-state index in [4.69, 9.17) is 9.47 Å². The quantitative estimate of drug-likeness (QED) is 0.271. The fourth-order valence-corrected chi connectivity index (χ4v) is 5.71. The van der Waals surface area contributed by atoms with E-state index in [0.29, 0.717) is 19.4 Å². The Morgan fingerprint density at radius 1 is 1.30 bits per heavy atom. The van der Waals surface area contributed by atoms with E-state index in [9.17, 15) is 19.5 Å². The second kappa shape index (κ2) is 10.4. The van der Waals surface area contributed by atoms with E-state index in [1.165, 1.54) is 4.90 Å². The van der Waals surface area contributed by atoms with Crippen LogP contribution in [0.25, 0.3) is 0 Å². The molecule has 3 aliphatic heterocycles. The summed E-state index contributed by atoms with van der Waals surface area (Å²) in [6, 6.07) is -1.58. The average Bonchev–Trinajstić information content (AvgIpc) is 3.43. The first-order chi connectivity index (χ1) is 15.7. The molecule has 3 rings (SSSR count). The summed E-state index contributed by atoms with van der Waals surface area (Å²) in [4.78, 5) is 43.7. The Kier molecular flexibility index (Phi) is 8.00. The zero-order chi connectivity index (χ0) is 24.3.